The fourth-order valence-electron chi connectivity index (χ4n) is 13.9. The molecule has 20 rings (SSSR count). The van der Waals surface area contributed by atoms with Crippen LogP contribution in [0.15, 0.2) is 304 Å². The van der Waals surface area contributed by atoms with E-state index in [1.807, 2.05) is 121 Å². The van der Waals surface area contributed by atoms with Crippen LogP contribution in [0.3, 0.4) is 0 Å². The molecule has 0 aliphatic rings. The fraction of sp³-hybridized carbons (Fsp3) is 0. The molecule has 0 unspecified atom stereocenters. The Morgan fingerprint density at radius 2 is 0.649 bits per heavy atom. The van der Waals surface area contributed by atoms with Crippen LogP contribution in [0.2, 0.25) is 0 Å². The van der Waals surface area contributed by atoms with Crippen molar-refractivity contribution >= 4 is 109 Å². The highest BCUT2D eigenvalue weighted by molar-refractivity contribution is 6.19. The van der Waals surface area contributed by atoms with Gasteiger partial charge in [0.1, 0.15) is 22.2 Å². The molecule has 0 atom stereocenters. The van der Waals surface area contributed by atoms with Gasteiger partial charge in [-0.1, -0.05) is 218 Å². The normalized spacial score (nSPS) is 11.9. The molecule has 0 saturated heterocycles. The lowest BCUT2D eigenvalue weighted by atomic mass is 9.94. The first kappa shape index (κ1) is 54.2. The van der Waals surface area contributed by atoms with E-state index in [0.29, 0.717) is 52.3 Å². The Bertz CT molecular complexity index is 6660. The summed E-state index contributed by atoms with van der Waals surface area (Å²) in [5, 5.41) is 14.4. The van der Waals surface area contributed by atoms with E-state index in [1.165, 1.54) is 0 Å². The van der Waals surface area contributed by atoms with E-state index in [-0.39, 0.29) is 0 Å². The molecule has 97 heavy (non-hydrogen) atoms. The minimum Gasteiger partial charge on any atom is -0.455 e. The Hall–Kier alpha value is -13.4. The molecular formula is C86H48N8O3. The maximum absolute atomic E-state index is 6.85. The Balaban J connectivity index is 0.700. The minimum absolute atomic E-state index is 0.479. The number of hydrogen-bond donors (Lipinski definition) is 0. The van der Waals surface area contributed by atoms with Gasteiger partial charge in [-0.05, 0) is 132 Å². The van der Waals surface area contributed by atoms with E-state index in [2.05, 4.69) is 170 Å². The zero-order valence-electron chi connectivity index (χ0n) is 51.5. The second-order valence-electron chi connectivity index (χ2n) is 24.6. The van der Waals surface area contributed by atoms with Crippen LogP contribution in [-0.4, -0.2) is 39.9 Å². The third-order valence-corrected chi connectivity index (χ3v) is 18.8. The smallest absolute Gasteiger partial charge is 0.227 e. The molecular weight excluding hydrogens is 1190 g/mol. The van der Waals surface area contributed by atoms with Gasteiger partial charge < -0.3 is 13.3 Å². The predicted molar refractivity (Wildman–Crippen MR) is 390 cm³/mol. The molecule has 0 N–H and O–H groups in total. The number of benzene rings is 15. The molecule has 0 bridgehead atoms. The molecule has 0 radical (unpaired) electrons. The summed E-state index contributed by atoms with van der Waals surface area (Å²) < 4.78 is 19.9. The van der Waals surface area contributed by atoms with E-state index in [9.17, 15) is 0 Å². The first-order chi connectivity index (χ1) is 48.0. The molecule has 0 amide bonds. The fourth-order valence-corrected chi connectivity index (χ4v) is 13.9. The molecule has 0 spiro atoms. The second-order valence-corrected chi connectivity index (χ2v) is 24.6. The molecule has 20 aromatic rings. The Morgan fingerprint density at radius 1 is 0.196 bits per heavy atom. The van der Waals surface area contributed by atoms with Crippen molar-refractivity contribution in [1.82, 2.24) is 39.9 Å². The van der Waals surface area contributed by atoms with Crippen LogP contribution in [0.5, 0.6) is 0 Å². The summed E-state index contributed by atoms with van der Waals surface area (Å²) in [5.74, 6) is 4.34. The van der Waals surface area contributed by atoms with Gasteiger partial charge >= 0.3 is 0 Å². The number of nitrogens with zero attached hydrogens (tertiary/aromatic N) is 8. The summed E-state index contributed by atoms with van der Waals surface area (Å²) >= 11 is 0. The lowest BCUT2D eigenvalue weighted by Crippen LogP contribution is -2.01. The molecule has 0 aliphatic heterocycles. The number of furan rings is 1. The Labute approximate surface area is 552 Å². The zero-order chi connectivity index (χ0) is 63.7. The lowest BCUT2D eigenvalue weighted by Gasteiger charge is -2.13. The number of aromatic nitrogens is 8. The number of hydrogen-bond acceptors (Lipinski definition) is 11. The van der Waals surface area contributed by atoms with E-state index < -0.39 is 0 Å². The van der Waals surface area contributed by atoms with Gasteiger partial charge in [0.25, 0.3) is 0 Å². The molecule has 5 heterocycles. The zero-order valence-corrected chi connectivity index (χ0v) is 51.5. The highest BCUT2D eigenvalue weighted by Gasteiger charge is 2.23. The summed E-state index contributed by atoms with van der Waals surface area (Å²) in [7, 11) is 0. The monoisotopic (exact) mass is 1240 g/mol. The van der Waals surface area contributed by atoms with Crippen molar-refractivity contribution in [3.8, 4) is 102 Å². The summed E-state index contributed by atoms with van der Waals surface area (Å²) in [6.07, 6.45) is 0. The first-order valence-corrected chi connectivity index (χ1v) is 32.2. The van der Waals surface area contributed by atoms with Crippen LogP contribution in [0.25, 0.3) is 211 Å². The number of rotatable bonds is 9. The number of fused-ring (bicyclic) bond motifs is 14. The molecule has 0 saturated carbocycles. The van der Waals surface area contributed by atoms with Crippen molar-refractivity contribution < 1.29 is 13.3 Å². The first-order valence-electron chi connectivity index (χ1n) is 32.2. The minimum atomic E-state index is 0.479. The molecule has 11 heteroatoms. The summed E-state index contributed by atoms with van der Waals surface area (Å²) in [6, 6.07) is 100.0. The predicted octanol–water partition coefficient (Wildman–Crippen LogP) is 22.2. The van der Waals surface area contributed by atoms with E-state index in [1.54, 1.807) is 0 Å². The average molecular weight is 1240 g/mol. The molecule has 15 aromatic carbocycles. The van der Waals surface area contributed by atoms with Crippen molar-refractivity contribution in [2.24, 2.45) is 0 Å². The van der Waals surface area contributed by atoms with Gasteiger partial charge in [0.15, 0.2) is 46.1 Å². The molecule has 11 nitrogen and oxygen atoms in total. The second kappa shape index (κ2) is 21.6. The van der Waals surface area contributed by atoms with Crippen LogP contribution in [0.4, 0.5) is 0 Å². The standard InChI is InChI=1S/C86H48N8O3/c1-3-17-53(18-4-1)79-89-81(60-34-30-56-43-62(35-31-55(56)42-60)85-87-76-65-21-10-7-14-50(65)37-40-73(76)96-85)92-82(90-79)61-33-27-49-26-28-57(44-63(49)46-61)58-29-32-59-45-64(48-71(70(59)47-58)86-88-77-66-22-11-8-15-51(66)38-41-74(77)97-86)83-91-80(54-19-5-2-6-20-54)93-84(94-83)69-24-13-25-72-75(69)68-39-36-52-16-9-12-23-67(52)78(68)95-72/h1-48H. The Kier molecular flexibility index (Phi) is 12.1. The van der Waals surface area contributed by atoms with Crippen LogP contribution in [-0.2, 0) is 0 Å². The number of oxazole rings is 2. The van der Waals surface area contributed by atoms with Crippen LogP contribution < -0.4 is 0 Å². The van der Waals surface area contributed by atoms with E-state index in [0.717, 1.165) is 159 Å². The SMILES string of the molecule is c1ccc(-c2nc(-c3ccc4cc(-c5nc6c(ccc7ccccc76)o5)ccc4c3)nc(-c3ccc4ccc(-c5ccc6cc(-c7nc(-c8ccccc8)nc(-c8cccc9oc%10c%11ccccc%11ccc%10c89)n7)cc(-c7nc8c(ccc9ccccc98)o7)c6c5)cc4c3)n2)cc1. The molecule has 0 fully saturated rings. The van der Waals surface area contributed by atoms with Gasteiger partial charge in [-0.15, -0.1) is 0 Å². The quantitative estimate of drug-likeness (QED) is 0.136. The van der Waals surface area contributed by atoms with Gasteiger partial charge in [0.05, 0.1) is 0 Å². The van der Waals surface area contributed by atoms with Crippen LogP contribution >= 0.6 is 0 Å². The molecule has 0 aliphatic carbocycles. The van der Waals surface area contributed by atoms with E-state index >= 15 is 0 Å². The van der Waals surface area contributed by atoms with Gasteiger partial charge in [-0.2, -0.15) is 0 Å². The van der Waals surface area contributed by atoms with Crippen molar-refractivity contribution in [1.29, 1.82) is 0 Å². The van der Waals surface area contributed by atoms with Crippen LogP contribution in [0, 0.1) is 0 Å². The van der Waals surface area contributed by atoms with Gasteiger partial charge in [-0.25, -0.2) is 39.9 Å². The summed E-state index contributed by atoms with van der Waals surface area (Å²) in [4.78, 5) is 41.7. The lowest BCUT2D eigenvalue weighted by molar-refractivity contribution is 0.620. The topological polar surface area (TPSA) is 143 Å². The van der Waals surface area contributed by atoms with Gasteiger partial charge in [0, 0.05) is 71.4 Å². The van der Waals surface area contributed by atoms with Crippen molar-refractivity contribution in [2.45, 2.75) is 0 Å². The van der Waals surface area contributed by atoms with Crippen molar-refractivity contribution in [2.75, 3.05) is 0 Å². The van der Waals surface area contributed by atoms with Crippen LogP contribution in [0.1, 0.15) is 0 Å². The summed E-state index contributed by atoms with van der Waals surface area (Å²) in [5.41, 5.74) is 13.5. The molecule has 450 valence electrons. The maximum Gasteiger partial charge on any atom is 0.227 e. The van der Waals surface area contributed by atoms with Crippen molar-refractivity contribution in [3.63, 3.8) is 0 Å². The Morgan fingerprint density at radius 3 is 1.31 bits per heavy atom. The van der Waals surface area contributed by atoms with Gasteiger partial charge in [0.2, 0.25) is 11.8 Å². The van der Waals surface area contributed by atoms with Gasteiger partial charge in [-0.3, -0.25) is 0 Å². The van der Waals surface area contributed by atoms with E-state index in [4.69, 9.17) is 53.1 Å². The molecule has 5 aromatic heterocycles. The maximum atomic E-state index is 6.85. The third kappa shape index (κ3) is 9.20. The summed E-state index contributed by atoms with van der Waals surface area (Å²) in [6.45, 7) is 0. The van der Waals surface area contributed by atoms with Crippen molar-refractivity contribution in [3.05, 3.63) is 291 Å². The third-order valence-electron chi connectivity index (χ3n) is 18.8. The largest absolute Gasteiger partial charge is 0.455 e. The highest BCUT2D eigenvalue weighted by atomic mass is 16.4. The highest BCUT2D eigenvalue weighted by Crippen LogP contribution is 2.43. The average Bonchev–Trinajstić information content (AvgIpc) is 1.70.